The Bertz CT molecular complexity index is 425. The molecule has 2 atom stereocenters. The number of halogens is 2. The van der Waals surface area contributed by atoms with Crippen molar-refractivity contribution in [2.45, 2.75) is 30.9 Å². The first-order valence-corrected chi connectivity index (χ1v) is 5.70. The largest absolute Gasteiger partial charge is 0.385 e. The highest BCUT2D eigenvalue weighted by molar-refractivity contribution is 6.31. The predicted octanol–water partition coefficient (Wildman–Crippen LogP) is 2.03. The Kier molecular flexibility index (Phi) is 4.55. The van der Waals surface area contributed by atoms with Gasteiger partial charge in [0.05, 0.1) is 0 Å². The normalized spacial score (nSPS) is 28.6. The molecule has 0 heterocycles. The van der Waals surface area contributed by atoms with Crippen molar-refractivity contribution in [1.82, 2.24) is 0 Å². The van der Waals surface area contributed by atoms with Gasteiger partial charge in [0, 0.05) is 5.02 Å². The number of carbonyl (C=O) groups excluding carboxylic acids is 1. The van der Waals surface area contributed by atoms with E-state index in [-0.39, 0.29) is 18.2 Å². The van der Waals surface area contributed by atoms with E-state index in [2.05, 4.69) is 0 Å². The summed E-state index contributed by atoms with van der Waals surface area (Å²) in [7, 11) is 0. The van der Waals surface area contributed by atoms with Crippen LogP contribution >= 0.6 is 24.0 Å². The monoisotopic (exact) mass is 275 g/mol. The molecule has 1 saturated carbocycles. The van der Waals surface area contributed by atoms with Crippen LogP contribution in [-0.4, -0.2) is 17.0 Å². The fourth-order valence-electron chi connectivity index (χ4n) is 2.22. The van der Waals surface area contributed by atoms with E-state index in [1.54, 1.807) is 24.3 Å². The third-order valence-corrected chi connectivity index (χ3v) is 3.48. The van der Waals surface area contributed by atoms with Crippen molar-refractivity contribution in [3.05, 3.63) is 34.9 Å². The summed E-state index contributed by atoms with van der Waals surface area (Å²) in [6.07, 6.45) is 0.791. The summed E-state index contributed by atoms with van der Waals surface area (Å²) in [6, 6.07) is 7.04. The average molecular weight is 276 g/mol. The molecule has 1 aliphatic carbocycles. The molecule has 5 heteroatoms. The Morgan fingerprint density at radius 1 is 1.41 bits per heavy atom. The van der Waals surface area contributed by atoms with E-state index < -0.39 is 11.6 Å². The number of carbonyl (C=O) groups is 1. The van der Waals surface area contributed by atoms with Gasteiger partial charge in [-0.05, 0) is 30.9 Å². The first-order chi connectivity index (χ1) is 7.55. The van der Waals surface area contributed by atoms with E-state index in [4.69, 9.17) is 17.3 Å². The first kappa shape index (κ1) is 14.5. The van der Waals surface area contributed by atoms with Crippen molar-refractivity contribution < 1.29 is 9.90 Å². The van der Waals surface area contributed by atoms with Gasteiger partial charge < -0.3 is 10.8 Å². The van der Waals surface area contributed by atoms with Crippen molar-refractivity contribution in [2.24, 2.45) is 5.73 Å². The summed E-state index contributed by atoms with van der Waals surface area (Å²) in [6.45, 7) is 0. The van der Waals surface area contributed by atoms with E-state index >= 15 is 0 Å². The fourth-order valence-corrected chi connectivity index (χ4v) is 2.52. The number of Topliss-reactive ketones (excluding diaryl/α,β-unsaturated/α-hetero) is 1. The zero-order chi connectivity index (χ0) is 11.8. The average Bonchev–Trinajstić information content (AvgIpc) is 2.26. The van der Waals surface area contributed by atoms with Crippen molar-refractivity contribution in [2.75, 3.05) is 0 Å². The van der Waals surface area contributed by atoms with Gasteiger partial charge in [0.25, 0.3) is 0 Å². The fraction of sp³-hybridized carbons (Fsp3) is 0.417. The van der Waals surface area contributed by atoms with Crippen LogP contribution in [0.4, 0.5) is 0 Å². The van der Waals surface area contributed by atoms with Crippen molar-refractivity contribution >= 4 is 29.8 Å². The van der Waals surface area contributed by atoms with Gasteiger partial charge in [0.15, 0.2) is 5.78 Å². The molecule has 1 aromatic carbocycles. The van der Waals surface area contributed by atoms with Crippen molar-refractivity contribution in [1.29, 1.82) is 0 Å². The molecule has 17 heavy (non-hydrogen) atoms. The van der Waals surface area contributed by atoms with E-state index in [1.807, 2.05) is 0 Å². The Balaban J connectivity index is 0.00000144. The molecule has 94 valence electrons. The van der Waals surface area contributed by atoms with Gasteiger partial charge >= 0.3 is 0 Å². The minimum Gasteiger partial charge on any atom is -0.385 e. The third-order valence-electron chi connectivity index (χ3n) is 3.15. The van der Waals surface area contributed by atoms with Crippen LogP contribution in [0.25, 0.3) is 0 Å². The zero-order valence-corrected chi connectivity index (χ0v) is 10.8. The van der Waals surface area contributed by atoms with Crippen LogP contribution in [0.2, 0.25) is 5.02 Å². The molecule has 1 aliphatic rings. The van der Waals surface area contributed by atoms with Crippen molar-refractivity contribution in [3.8, 4) is 0 Å². The molecule has 3 nitrogen and oxygen atoms in total. The zero-order valence-electron chi connectivity index (χ0n) is 9.23. The number of rotatable bonds is 1. The number of aliphatic hydroxyl groups is 1. The van der Waals surface area contributed by atoms with Gasteiger partial charge in [0.2, 0.25) is 0 Å². The molecule has 0 aromatic heterocycles. The quantitative estimate of drug-likeness (QED) is 0.825. The lowest BCUT2D eigenvalue weighted by molar-refractivity contribution is -0.136. The smallest absolute Gasteiger partial charge is 0.185 e. The number of aliphatic hydroxyl groups excluding tert-OH is 1. The van der Waals surface area contributed by atoms with E-state index in [1.165, 1.54) is 0 Å². The Hall–Kier alpha value is -0.610. The Labute approximate surface area is 111 Å². The minimum absolute atomic E-state index is 0. The third kappa shape index (κ3) is 2.47. The summed E-state index contributed by atoms with van der Waals surface area (Å²) < 4.78 is 0. The number of benzene rings is 1. The van der Waals surface area contributed by atoms with Crippen molar-refractivity contribution in [3.63, 3.8) is 0 Å². The molecule has 0 unspecified atom stereocenters. The molecular weight excluding hydrogens is 261 g/mol. The maximum atomic E-state index is 12.0. The topological polar surface area (TPSA) is 63.3 Å². The van der Waals surface area contributed by atoms with Gasteiger partial charge in [-0.15, -0.1) is 12.4 Å². The van der Waals surface area contributed by atoms with Crippen LogP contribution in [0.1, 0.15) is 24.8 Å². The van der Waals surface area contributed by atoms with Crippen LogP contribution < -0.4 is 5.73 Å². The summed E-state index contributed by atoms with van der Waals surface area (Å²) in [5.74, 6) is -0.327. The lowest BCUT2D eigenvalue weighted by Crippen LogP contribution is -2.52. The first-order valence-electron chi connectivity index (χ1n) is 5.32. The molecule has 1 fully saturated rings. The minimum atomic E-state index is -1.13. The standard InChI is InChI=1S/C12H14ClNO2.ClH/c13-9-5-2-1-4-8(9)12(14)7-3-6-10(15)11(12)16;/h1-2,4-5,10,15H,3,6-7,14H2;1H/t10-,12-;/m1./s1. The second-order valence-electron chi connectivity index (χ2n) is 4.22. The summed E-state index contributed by atoms with van der Waals surface area (Å²) >= 11 is 6.05. The van der Waals surface area contributed by atoms with Gasteiger partial charge in [-0.25, -0.2) is 0 Å². The summed E-state index contributed by atoms with van der Waals surface area (Å²) in [4.78, 5) is 12.0. The van der Waals surface area contributed by atoms with Gasteiger partial charge in [0.1, 0.15) is 11.6 Å². The number of hydrogen-bond acceptors (Lipinski definition) is 3. The van der Waals surface area contributed by atoms with E-state index in [0.717, 1.165) is 6.42 Å². The molecule has 0 aliphatic heterocycles. The highest BCUT2D eigenvalue weighted by atomic mass is 35.5. The van der Waals surface area contributed by atoms with Crippen LogP contribution in [0.15, 0.2) is 24.3 Å². The van der Waals surface area contributed by atoms with Crippen LogP contribution in [0.3, 0.4) is 0 Å². The molecule has 0 spiro atoms. The molecule has 0 bridgehead atoms. The highest BCUT2D eigenvalue weighted by Gasteiger charge is 2.43. The molecular formula is C12H15Cl2NO2. The maximum absolute atomic E-state index is 12.0. The molecule has 3 N–H and O–H groups in total. The van der Waals surface area contributed by atoms with Gasteiger partial charge in [-0.3, -0.25) is 4.79 Å². The molecule has 0 saturated heterocycles. The second-order valence-corrected chi connectivity index (χ2v) is 4.63. The van der Waals surface area contributed by atoms with Gasteiger partial charge in [-0.1, -0.05) is 29.8 Å². The molecule has 0 amide bonds. The van der Waals surface area contributed by atoms with Crippen LogP contribution in [0, 0.1) is 0 Å². The van der Waals surface area contributed by atoms with Crippen LogP contribution in [0.5, 0.6) is 0 Å². The van der Waals surface area contributed by atoms with E-state index in [9.17, 15) is 9.90 Å². The maximum Gasteiger partial charge on any atom is 0.185 e. The number of hydrogen-bond donors (Lipinski definition) is 2. The van der Waals surface area contributed by atoms with Gasteiger partial charge in [-0.2, -0.15) is 0 Å². The Morgan fingerprint density at radius 2 is 2.06 bits per heavy atom. The molecule has 0 radical (unpaired) electrons. The highest BCUT2D eigenvalue weighted by Crippen LogP contribution is 2.35. The molecule has 2 rings (SSSR count). The predicted molar refractivity (Wildman–Crippen MR) is 69.4 cm³/mol. The Morgan fingerprint density at radius 3 is 2.71 bits per heavy atom. The molecule has 1 aromatic rings. The summed E-state index contributed by atoms with van der Waals surface area (Å²) in [5.41, 5.74) is 5.60. The second kappa shape index (κ2) is 5.36. The lowest BCUT2D eigenvalue weighted by atomic mass is 9.75. The number of nitrogens with two attached hydrogens (primary N) is 1. The SMILES string of the molecule is Cl.N[C@@]1(c2ccccc2Cl)CCC[C@@H](O)C1=O. The number of ketones is 1. The van der Waals surface area contributed by atoms with E-state index in [0.29, 0.717) is 23.4 Å². The van der Waals surface area contributed by atoms with Crippen LogP contribution in [-0.2, 0) is 10.3 Å². The summed E-state index contributed by atoms with van der Waals surface area (Å²) in [5, 5.41) is 10.1. The lowest BCUT2D eigenvalue weighted by Gasteiger charge is -2.35.